The molecule has 2 heterocycles. The van der Waals surface area contributed by atoms with Gasteiger partial charge in [-0.15, -0.1) is 10.2 Å². The zero-order valence-electron chi connectivity index (χ0n) is 22.7. The Morgan fingerprint density at radius 1 is 1.20 bits per heavy atom. The van der Waals surface area contributed by atoms with Gasteiger partial charge in [-0.05, 0) is 67.1 Å². The van der Waals surface area contributed by atoms with Crippen molar-refractivity contribution in [1.82, 2.24) is 20.1 Å². The molecule has 6 rings (SSSR count). The molecule has 11 heteroatoms. The second-order valence-corrected chi connectivity index (χ2v) is 13.4. The molecule has 1 unspecified atom stereocenters. The fourth-order valence-electron chi connectivity index (χ4n) is 6.42. The average molecular weight is 572 g/mol. The zero-order valence-corrected chi connectivity index (χ0v) is 23.5. The van der Waals surface area contributed by atoms with Crippen molar-refractivity contribution < 1.29 is 22.5 Å². The summed E-state index contributed by atoms with van der Waals surface area (Å²) in [6.07, 6.45) is 3.01. The minimum absolute atomic E-state index is 0.00148. The smallest absolute Gasteiger partial charge is 0.416 e. The Morgan fingerprint density at radius 3 is 2.55 bits per heavy atom. The molecular weight excluding hydrogens is 539 g/mol. The zero-order chi connectivity index (χ0) is 28.4. The third kappa shape index (κ3) is 4.52. The fourth-order valence-corrected chi connectivity index (χ4v) is 7.46. The summed E-state index contributed by atoms with van der Waals surface area (Å²) < 4.78 is 56.7. The number of aromatic nitrogens is 3. The maximum absolute atomic E-state index is 14.2. The predicted molar refractivity (Wildman–Crippen MR) is 146 cm³/mol. The molecule has 1 amide bonds. The molecule has 1 N–H and O–H groups in total. The Labute approximate surface area is 234 Å². The van der Waals surface area contributed by atoms with Crippen LogP contribution >= 0.6 is 0 Å². The largest absolute Gasteiger partial charge is 0.616 e. The molecule has 2 aromatic carbocycles. The number of alkyl halides is 3. The average Bonchev–Trinajstić information content (AvgIpc) is 3.43. The summed E-state index contributed by atoms with van der Waals surface area (Å²) in [5, 5.41) is 11.8. The number of aryl methyl sites for hydroxylation is 1. The first-order valence-corrected chi connectivity index (χ1v) is 15.1. The number of anilines is 1. The van der Waals surface area contributed by atoms with E-state index in [1.807, 2.05) is 29.8 Å². The summed E-state index contributed by atoms with van der Waals surface area (Å²) in [7, 11) is 1.86. The first kappa shape index (κ1) is 27.3. The minimum Gasteiger partial charge on any atom is -0.616 e. The molecule has 2 aliphatic carbocycles. The highest BCUT2D eigenvalue weighted by Gasteiger charge is 2.54. The molecule has 1 aliphatic heterocycles. The molecule has 0 bridgehead atoms. The van der Waals surface area contributed by atoms with Gasteiger partial charge in [-0.2, -0.15) is 13.2 Å². The SMILES string of the molecule is Cn1cnnc1C1(c2cccc(N3Cc4c(cc(CNC5(C)CCC5)cc4C(F)(F)F)C3=O)c2)CC([S+](C)[O-])C1. The lowest BCUT2D eigenvalue weighted by Crippen LogP contribution is -2.50. The Bertz CT molecular complexity index is 1460. The number of fused-ring (bicyclic) bond motifs is 1. The van der Waals surface area contributed by atoms with Gasteiger partial charge < -0.3 is 19.3 Å². The fraction of sp³-hybridized carbons (Fsp3) is 0.483. The summed E-state index contributed by atoms with van der Waals surface area (Å²) in [6.45, 7) is 2.19. The van der Waals surface area contributed by atoms with Crippen molar-refractivity contribution in [3.63, 3.8) is 0 Å². The van der Waals surface area contributed by atoms with Crippen molar-refractivity contribution in [2.24, 2.45) is 7.05 Å². The molecule has 40 heavy (non-hydrogen) atoms. The number of halogens is 3. The van der Waals surface area contributed by atoms with Crippen molar-refractivity contribution >= 4 is 22.8 Å². The van der Waals surface area contributed by atoms with Gasteiger partial charge in [0, 0.05) is 43.2 Å². The van der Waals surface area contributed by atoms with Crippen molar-refractivity contribution in [2.75, 3.05) is 11.2 Å². The number of hydrogen-bond donors (Lipinski definition) is 1. The molecular formula is C29H32F3N5O2S. The Hall–Kier alpha value is -2.89. The van der Waals surface area contributed by atoms with Crippen LogP contribution in [0.15, 0.2) is 42.7 Å². The van der Waals surface area contributed by atoms with Crippen LogP contribution in [-0.4, -0.2) is 42.3 Å². The van der Waals surface area contributed by atoms with E-state index in [-0.39, 0.29) is 35.0 Å². The van der Waals surface area contributed by atoms with Crippen molar-refractivity contribution in [3.8, 4) is 0 Å². The lowest BCUT2D eigenvalue weighted by molar-refractivity contribution is -0.138. The number of rotatable bonds is 7. The Morgan fingerprint density at radius 2 is 1.95 bits per heavy atom. The monoisotopic (exact) mass is 571 g/mol. The van der Waals surface area contributed by atoms with E-state index in [1.165, 1.54) is 11.0 Å². The number of carbonyl (C=O) groups excluding carboxylic acids is 1. The van der Waals surface area contributed by atoms with Crippen LogP contribution in [-0.2, 0) is 42.9 Å². The van der Waals surface area contributed by atoms with Crippen LogP contribution in [0.2, 0.25) is 0 Å². The molecule has 0 saturated heterocycles. The topological polar surface area (TPSA) is 86.1 Å². The second kappa shape index (κ2) is 9.60. The van der Waals surface area contributed by atoms with E-state index in [0.29, 0.717) is 24.1 Å². The first-order chi connectivity index (χ1) is 18.9. The lowest BCUT2D eigenvalue weighted by atomic mass is 9.63. The molecule has 212 valence electrons. The minimum atomic E-state index is -4.58. The first-order valence-electron chi connectivity index (χ1n) is 13.5. The highest BCUT2D eigenvalue weighted by atomic mass is 32.2. The van der Waals surface area contributed by atoms with Gasteiger partial charge in [0.05, 0.1) is 23.8 Å². The van der Waals surface area contributed by atoms with Crippen LogP contribution < -0.4 is 10.2 Å². The number of benzene rings is 2. The van der Waals surface area contributed by atoms with E-state index >= 15 is 0 Å². The van der Waals surface area contributed by atoms with Gasteiger partial charge in [-0.3, -0.25) is 4.79 Å². The van der Waals surface area contributed by atoms with Crippen LogP contribution in [0.5, 0.6) is 0 Å². The van der Waals surface area contributed by atoms with Crippen molar-refractivity contribution in [1.29, 1.82) is 0 Å². The predicted octanol–water partition coefficient (Wildman–Crippen LogP) is 4.85. The summed E-state index contributed by atoms with van der Waals surface area (Å²) in [5.74, 6) is 0.294. The quantitative estimate of drug-likeness (QED) is 0.410. The van der Waals surface area contributed by atoms with Crippen LogP contribution in [0.1, 0.15) is 77.5 Å². The summed E-state index contributed by atoms with van der Waals surface area (Å²) in [5.41, 5.74) is 0.599. The molecule has 0 radical (unpaired) electrons. The highest BCUT2D eigenvalue weighted by Crippen LogP contribution is 2.51. The van der Waals surface area contributed by atoms with E-state index < -0.39 is 34.2 Å². The standard InChI is InChI=1S/C29H32F3N5O2S/c1-27(8-5-9-27)33-15-18-10-22-23(24(11-18)29(30,31)32)16-37(25(22)38)20-7-4-6-19(12-20)28(13-21(14-28)40(3)39)26-35-34-17-36(26)2/h4,6-7,10-12,17,21,33H,5,8-9,13-16H2,1-3H3. The second-order valence-electron chi connectivity index (χ2n) is 11.8. The van der Waals surface area contributed by atoms with Gasteiger partial charge in [0.2, 0.25) is 0 Å². The summed E-state index contributed by atoms with van der Waals surface area (Å²) >= 11 is -1.00. The van der Waals surface area contributed by atoms with Crippen LogP contribution in [0.3, 0.4) is 0 Å². The number of carbonyl (C=O) groups is 1. The molecule has 3 aromatic rings. The lowest BCUT2D eigenvalue weighted by Gasteiger charge is -2.46. The van der Waals surface area contributed by atoms with E-state index in [9.17, 15) is 22.5 Å². The highest BCUT2D eigenvalue weighted by molar-refractivity contribution is 7.91. The van der Waals surface area contributed by atoms with Crippen LogP contribution in [0.4, 0.5) is 18.9 Å². The van der Waals surface area contributed by atoms with Crippen LogP contribution in [0, 0.1) is 0 Å². The maximum atomic E-state index is 14.2. The Kier molecular flexibility index (Phi) is 6.55. The number of nitrogens with one attached hydrogen (secondary N) is 1. The van der Waals surface area contributed by atoms with Crippen LogP contribution in [0.25, 0.3) is 0 Å². The molecule has 1 atom stereocenters. The normalized spacial score (nSPS) is 24.4. The van der Waals surface area contributed by atoms with Gasteiger partial charge in [0.15, 0.2) is 0 Å². The van der Waals surface area contributed by atoms with Gasteiger partial charge in [-0.25, -0.2) is 0 Å². The van der Waals surface area contributed by atoms with Crippen molar-refractivity contribution in [2.45, 2.75) is 74.5 Å². The van der Waals surface area contributed by atoms with E-state index in [4.69, 9.17) is 0 Å². The van der Waals surface area contributed by atoms with Gasteiger partial charge >= 0.3 is 6.18 Å². The van der Waals surface area contributed by atoms with E-state index in [2.05, 4.69) is 22.4 Å². The van der Waals surface area contributed by atoms with E-state index in [1.54, 1.807) is 24.7 Å². The third-order valence-electron chi connectivity index (χ3n) is 9.05. The summed E-state index contributed by atoms with van der Waals surface area (Å²) in [4.78, 5) is 15.1. The number of hydrogen-bond acceptors (Lipinski definition) is 5. The molecule has 2 fully saturated rings. The number of nitrogens with zero attached hydrogens (tertiary/aromatic N) is 4. The summed E-state index contributed by atoms with van der Waals surface area (Å²) in [6, 6.07) is 10.2. The molecule has 3 aliphatic rings. The molecule has 0 spiro atoms. The van der Waals surface area contributed by atoms with Crippen molar-refractivity contribution in [3.05, 3.63) is 76.4 Å². The maximum Gasteiger partial charge on any atom is 0.416 e. The van der Waals surface area contributed by atoms with Gasteiger partial charge in [0.25, 0.3) is 5.91 Å². The number of amides is 1. The van der Waals surface area contributed by atoms with Gasteiger partial charge in [0.1, 0.15) is 17.4 Å². The van der Waals surface area contributed by atoms with E-state index in [0.717, 1.165) is 30.7 Å². The van der Waals surface area contributed by atoms with Gasteiger partial charge in [-0.1, -0.05) is 23.3 Å². The Balaban J connectivity index is 1.34. The molecule has 7 nitrogen and oxygen atoms in total. The molecule has 2 saturated carbocycles. The third-order valence-corrected chi connectivity index (χ3v) is 10.3. The molecule has 1 aromatic heterocycles.